The summed E-state index contributed by atoms with van der Waals surface area (Å²) in [5, 5.41) is 2.49. The first-order valence-electron chi connectivity index (χ1n) is 13.0. The molecule has 2 aromatic carbocycles. The Morgan fingerprint density at radius 1 is 1.11 bits per heavy atom. The molecule has 3 heterocycles. The number of ether oxygens (including phenoxy) is 1. The fraction of sp³-hybridized carbons (Fsp3) is 0.414. The monoisotopic (exact) mass is 500 g/mol. The molecule has 8 nitrogen and oxygen atoms in total. The molecule has 1 saturated heterocycles. The third-order valence-corrected chi connectivity index (χ3v) is 7.31. The lowest BCUT2D eigenvalue weighted by Gasteiger charge is -2.40. The molecule has 1 aromatic heterocycles. The summed E-state index contributed by atoms with van der Waals surface area (Å²) in [6, 6.07) is 15.7. The van der Waals surface area contributed by atoms with Crippen LogP contribution in [0.1, 0.15) is 18.2 Å². The van der Waals surface area contributed by atoms with E-state index in [2.05, 4.69) is 70.7 Å². The van der Waals surface area contributed by atoms with E-state index in [1.54, 1.807) is 0 Å². The van der Waals surface area contributed by atoms with Crippen LogP contribution < -0.4 is 14.5 Å². The lowest BCUT2D eigenvalue weighted by atomic mass is 9.96. The van der Waals surface area contributed by atoms with Gasteiger partial charge in [0.05, 0.1) is 12.2 Å². The Balaban J connectivity index is 1.48. The van der Waals surface area contributed by atoms with Gasteiger partial charge in [0.25, 0.3) is 0 Å². The summed E-state index contributed by atoms with van der Waals surface area (Å²) in [5.41, 5.74) is 3.43. The Kier molecular flexibility index (Phi) is 7.28. The summed E-state index contributed by atoms with van der Waals surface area (Å²) in [6.07, 6.45) is 2.24. The molecule has 1 unspecified atom stereocenters. The van der Waals surface area contributed by atoms with E-state index in [1.165, 1.54) is 28.1 Å². The summed E-state index contributed by atoms with van der Waals surface area (Å²) in [4.78, 5) is 30.6. The van der Waals surface area contributed by atoms with Crippen molar-refractivity contribution < 1.29 is 9.53 Å². The van der Waals surface area contributed by atoms with E-state index in [9.17, 15) is 4.79 Å². The molecule has 1 fully saturated rings. The van der Waals surface area contributed by atoms with Gasteiger partial charge in [0.2, 0.25) is 5.91 Å². The third kappa shape index (κ3) is 5.25. The number of hydrogen-bond donors (Lipinski definition) is 0. The van der Waals surface area contributed by atoms with Crippen molar-refractivity contribution >= 4 is 28.2 Å². The molecule has 0 aliphatic carbocycles. The van der Waals surface area contributed by atoms with Crippen molar-refractivity contribution in [2.24, 2.45) is 0 Å². The van der Waals surface area contributed by atoms with Crippen molar-refractivity contribution in [3.8, 4) is 6.01 Å². The highest BCUT2D eigenvalue weighted by atomic mass is 16.5. The Labute approximate surface area is 219 Å². The van der Waals surface area contributed by atoms with Crippen LogP contribution in [0, 0.1) is 0 Å². The van der Waals surface area contributed by atoms with Gasteiger partial charge in [-0.2, -0.15) is 9.97 Å². The number of hydrogen-bond acceptors (Lipinski definition) is 7. The maximum Gasteiger partial charge on any atom is 0.318 e. The zero-order valence-corrected chi connectivity index (χ0v) is 22.1. The van der Waals surface area contributed by atoms with Crippen molar-refractivity contribution in [2.75, 3.05) is 63.2 Å². The minimum absolute atomic E-state index is 0.0172. The zero-order chi connectivity index (χ0) is 25.9. The quantitative estimate of drug-likeness (QED) is 0.461. The minimum atomic E-state index is -0.0172. The van der Waals surface area contributed by atoms with Crippen LogP contribution in [0.5, 0.6) is 6.01 Å². The molecule has 0 N–H and O–H groups in total. The normalized spacial score (nSPS) is 17.7. The van der Waals surface area contributed by atoms with E-state index < -0.39 is 0 Å². The molecule has 0 spiro atoms. The van der Waals surface area contributed by atoms with Crippen molar-refractivity contribution in [3.63, 3.8) is 0 Å². The number of amides is 1. The number of aromatic nitrogens is 2. The SMILES string of the molecule is C=CC(=O)N1CCN(c2nc(OCCN(C)C)nc3c2CC(C)N(c2cccc4ccccc24)C3)CC1. The van der Waals surface area contributed by atoms with Crippen LogP contribution in [-0.4, -0.2) is 85.1 Å². The van der Waals surface area contributed by atoms with Gasteiger partial charge in [0.1, 0.15) is 12.4 Å². The van der Waals surface area contributed by atoms with Gasteiger partial charge in [0.15, 0.2) is 0 Å². The van der Waals surface area contributed by atoms with Gasteiger partial charge in [-0.3, -0.25) is 4.79 Å². The van der Waals surface area contributed by atoms with Gasteiger partial charge in [-0.25, -0.2) is 0 Å². The highest BCUT2D eigenvalue weighted by Gasteiger charge is 2.32. The average Bonchev–Trinajstić information content (AvgIpc) is 2.91. The first kappa shape index (κ1) is 25.0. The molecule has 194 valence electrons. The number of nitrogens with zero attached hydrogens (tertiary/aromatic N) is 6. The van der Waals surface area contributed by atoms with Crippen molar-refractivity contribution in [2.45, 2.75) is 25.9 Å². The van der Waals surface area contributed by atoms with Gasteiger partial charge >= 0.3 is 6.01 Å². The Bertz CT molecular complexity index is 1280. The maximum atomic E-state index is 12.1. The van der Waals surface area contributed by atoms with Gasteiger partial charge < -0.3 is 24.3 Å². The number of rotatable bonds is 7. The number of piperazine rings is 1. The lowest BCUT2D eigenvalue weighted by Crippen LogP contribution is -2.49. The number of carbonyl (C=O) groups is 1. The molecule has 0 radical (unpaired) electrons. The standard InChI is InChI=1S/C29H36N6O2/c1-5-27(36)33-13-15-34(16-14-33)28-24-19-21(2)35(26-12-8-10-22-9-6-7-11-23(22)26)20-25(24)30-29(31-28)37-18-17-32(3)4/h5-12,21H,1,13-20H2,2-4H3. The first-order valence-corrected chi connectivity index (χ1v) is 13.0. The predicted molar refractivity (Wildman–Crippen MR) is 148 cm³/mol. The van der Waals surface area contributed by atoms with E-state index in [0.717, 1.165) is 37.6 Å². The van der Waals surface area contributed by atoms with E-state index in [0.29, 0.717) is 32.3 Å². The van der Waals surface area contributed by atoms with Crippen molar-refractivity contribution in [1.29, 1.82) is 0 Å². The average molecular weight is 501 g/mol. The van der Waals surface area contributed by atoms with Crippen LogP contribution in [0.2, 0.25) is 0 Å². The second kappa shape index (κ2) is 10.8. The fourth-order valence-corrected chi connectivity index (χ4v) is 5.25. The third-order valence-electron chi connectivity index (χ3n) is 7.31. The molecule has 37 heavy (non-hydrogen) atoms. The Morgan fingerprint density at radius 2 is 1.86 bits per heavy atom. The number of benzene rings is 2. The van der Waals surface area contributed by atoms with E-state index in [4.69, 9.17) is 14.7 Å². The maximum absolute atomic E-state index is 12.1. The summed E-state index contributed by atoms with van der Waals surface area (Å²) >= 11 is 0. The molecular formula is C29H36N6O2. The second-order valence-corrected chi connectivity index (χ2v) is 10.1. The number of likely N-dealkylation sites (N-methyl/N-ethyl adjacent to an activating group) is 1. The zero-order valence-electron chi connectivity index (χ0n) is 22.1. The smallest absolute Gasteiger partial charge is 0.318 e. The molecule has 1 amide bonds. The van der Waals surface area contributed by atoms with Crippen LogP contribution in [0.4, 0.5) is 11.5 Å². The molecule has 2 aliphatic rings. The predicted octanol–water partition coefficient (Wildman–Crippen LogP) is 3.36. The first-order chi connectivity index (χ1) is 17.9. The molecular weight excluding hydrogens is 464 g/mol. The van der Waals surface area contributed by atoms with Crippen molar-refractivity contribution in [3.05, 3.63) is 66.4 Å². The molecule has 3 aromatic rings. The molecule has 1 atom stereocenters. The summed E-state index contributed by atoms with van der Waals surface area (Å²) in [7, 11) is 4.05. The summed E-state index contributed by atoms with van der Waals surface area (Å²) in [5.74, 6) is 0.927. The topological polar surface area (TPSA) is 65.0 Å². The van der Waals surface area contributed by atoms with E-state index >= 15 is 0 Å². The van der Waals surface area contributed by atoms with Crippen LogP contribution >= 0.6 is 0 Å². The summed E-state index contributed by atoms with van der Waals surface area (Å²) in [6.45, 7) is 10.7. The molecule has 0 bridgehead atoms. The van der Waals surface area contributed by atoms with Crippen LogP contribution in [0.15, 0.2) is 55.1 Å². The van der Waals surface area contributed by atoms with Crippen molar-refractivity contribution in [1.82, 2.24) is 19.8 Å². The lowest BCUT2D eigenvalue weighted by molar-refractivity contribution is -0.126. The number of anilines is 2. The van der Waals surface area contributed by atoms with Gasteiger partial charge in [0, 0.05) is 55.4 Å². The van der Waals surface area contributed by atoms with Crippen LogP contribution in [0.3, 0.4) is 0 Å². The highest BCUT2D eigenvalue weighted by molar-refractivity contribution is 5.94. The molecule has 2 aliphatic heterocycles. The fourth-order valence-electron chi connectivity index (χ4n) is 5.25. The number of carbonyl (C=O) groups excluding carboxylic acids is 1. The van der Waals surface area contributed by atoms with E-state index in [-0.39, 0.29) is 11.9 Å². The van der Waals surface area contributed by atoms with Crippen LogP contribution in [-0.2, 0) is 17.8 Å². The Hall–Kier alpha value is -3.65. The molecule has 0 saturated carbocycles. The van der Waals surface area contributed by atoms with Gasteiger partial charge in [-0.1, -0.05) is 43.0 Å². The minimum Gasteiger partial charge on any atom is -0.462 e. The highest BCUT2D eigenvalue weighted by Crippen LogP contribution is 2.36. The van der Waals surface area contributed by atoms with Gasteiger partial charge in [-0.15, -0.1) is 0 Å². The second-order valence-electron chi connectivity index (χ2n) is 10.1. The van der Waals surface area contributed by atoms with Gasteiger partial charge in [-0.05, 0) is 45.0 Å². The summed E-state index contributed by atoms with van der Waals surface area (Å²) < 4.78 is 6.04. The van der Waals surface area contributed by atoms with E-state index in [1.807, 2.05) is 19.0 Å². The largest absolute Gasteiger partial charge is 0.462 e. The molecule has 8 heteroatoms. The Morgan fingerprint density at radius 3 is 2.62 bits per heavy atom. The van der Waals surface area contributed by atoms with Crippen LogP contribution in [0.25, 0.3) is 10.8 Å². The molecule has 5 rings (SSSR count). The number of fused-ring (bicyclic) bond motifs is 2.